The number of hydrogen-bond acceptors (Lipinski definition) is 3. The van der Waals surface area contributed by atoms with Crippen molar-refractivity contribution in [3.05, 3.63) is 35.9 Å². The Labute approximate surface area is 150 Å². The van der Waals surface area contributed by atoms with E-state index in [-0.39, 0.29) is 18.4 Å². The van der Waals surface area contributed by atoms with Crippen molar-refractivity contribution in [2.45, 2.75) is 46.0 Å². The fourth-order valence-corrected chi connectivity index (χ4v) is 2.93. The summed E-state index contributed by atoms with van der Waals surface area (Å²) in [5, 5.41) is 2.83. The first kappa shape index (κ1) is 19.0. The van der Waals surface area contributed by atoms with Crippen LogP contribution in [0.1, 0.15) is 46.0 Å². The van der Waals surface area contributed by atoms with E-state index in [1.165, 1.54) is 25.3 Å². The average molecular weight is 344 g/mol. The third-order valence-corrected chi connectivity index (χ3v) is 4.32. The summed E-state index contributed by atoms with van der Waals surface area (Å²) < 4.78 is 5.38. The Morgan fingerprint density at radius 2 is 1.96 bits per heavy atom. The van der Waals surface area contributed by atoms with Crippen LogP contribution in [0.25, 0.3) is 0 Å². The molecule has 0 aliphatic heterocycles. The molecule has 1 aromatic rings. The normalized spacial score (nSPS) is 13.8. The molecule has 1 aromatic carbocycles. The molecule has 25 heavy (non-hydrogen) atoms. The maximum absolute atomic E-state index is 12.2. The lowest BCUT2D eigenvalue weighted by molar-refractivity contribution is -0.132. The van der Waals surface area contributed by atoms with E-state index in [9.17, 15) is 9.59 Å². The van der Waals surface area contributed by atoms with Crippen molar-refractivity contribution in [2.75, 3.05) is 25.0 Å². The lowest BCUT2D eigenvalue weighted by Crippen LogP contribution is -2.37. The molecule has 0 saturated heterocycles. The Bertz CT molecular complexity index is 608. The van der Waals surface area contributed by atoms with E-state index in [1.807, 2.05) is 19.1 Å². The fraction of sp³-hybridized carbons (Fsp3) is 0.500. The number of benzene rings is 1. The van der Waals surface area contributed by atoms with Crippen LogP contribution in [0.4, 0.5) is 5.69 Å². The van der Waals surface area contributed by atoms with Gasteiger partial charge in [0.25, 0.3) is 0 Å². The van der Waals surface area contributed by atoms with Crippen LogP contribution in [0.2, 0.25) is 0 Å². The van der Waals surface area contributed by atoms with E-state index >= 15 is 0 Å². The van der Waals surface area contributed by atoms with Gasteiger partial charge in [-0.3, -0.25) is 9.59 Å². The molecule has 0 fully saturated rings. The number of amides is 2. The number of anilines is 1. The molecule has 1 N–H and O–H groups in total. The zero-order valence-corrected chi connectivity index (χ0v) is 15.2. The second kappa shape index (κ2) is 9.87. The van der Waals surface area contributed by atoms with Crippen molar-refractivity contribution in [1.82, 2.24) is 4.90 Å². The standard InChI is InChI=1S/C20H28N2O3/c1-3-25-19-11-9-18(10-12-19)21-20(24)15-22(16(2)23)14-13-17-7-5-4-6-8-17/h7,9-12H,3-6,8,13-15H2,1-2H3,(H,21,24). The van der Waals surface area contributed by atoms with Gasteiger partial charge < -0.3 is 15.0 Å². The number of carbonyl (C=O) groups excluding carboxylic acids is 2. The maximum atomic E-state index is 12.2. The number of hydrogen-bond donors (Lipinski definition) is 1. The van der Waals surface area contributed by atoms with Gasteiger partial charge in [-0.05, 0) is 63.3 Å². The van der Waals surface area contributed by atoms with Gasteiger partial charge in [0.15, 0.2) is 0 Å². The fourth-order valence-electron chi connectivity index (χ4n) is 2.93. The molecule has 0 bridgehead atoms. The molecule has 1 aliphatic rings. The van der Waals surface area contributed by atoms with E-state index in [1.54, 1.807) is 17.0 Å². The topological polar surface area (TPSA) is 58.6 Å². The van der Waals surface area contributed by atoms with Crippen molar-refractivity contribution < 1.29 is 14.3 Å². The van der Waals surface area contributed by atoms with Crippen LogP contribution in [-0.4, -0.2) is 36.4 Å². The summed E-state index contributed by atoms with van der Waals surface area (Å²) in [5.41, 5.74) is 2.11. The van der Waals surface area contributed by atoms with E-state index in [4.69, 9.17) is 4.74 Å². The average Bonchev–Trinajstić information content (AvgIpc) is 2.61. The molecule has 2 amide bonds. The van der Waals surface area contributed by atoms with Gasteiger partial charge in [0.1, 0.15) is 5.75 Å². The zero-order valence-electron chi connectivity index (χ0n) is 15.2. The summed E-state index contributed by atoms with van der Waals surface area (Å²) in [4.78, 5) is 25.7. The zero-order chi connectivity index (χ0) is 18.1. The highest BCUT2D eigenvalue weighted by Gasteiger charge is 2.15. The SMILES string of the molecule is CCOc1ccc(NC(=O)CN(CCC2=CCCCC2)C(C)=O)cc1. The molecule has 136 valence electrons. The van der Waals surface area contributed by atoms with Crippen LogP contribution in [0.5, 0.6) is 5.75 Å². The van der Waals surface area contributed by atoms with E-state index in [0.29, 0.717) is 18.8 Å². The minimum absolute atomic E-state index is 0.0711. The molecule has 0 aromatic heterocycles. The summed E-state index contributed by atoms with van der Waals surface area (Å²) in [6.07, 6.45) is 7.87. The lowest BCUT2D eigenvalue weighted by atomic mass is 9.97. The van der Waals surface area contributed by atoms with Gasteiger partial charge in [0, 0.05) is 19.2 Å². The molecule has 5 nitrogen and oxygen atoms in total. The largest absolute Gasteiger partial charge is 0.494 e. The minimum Gasteiger partial charge on any atom is -0.494 e. The van der Waals surface area contributed by atoms with Gasteiger partial charge in [-0.2, -0.15) is 0 Å². The highest BCUT2D eigenvalue weighted by molar-refractivity contribution is 5.94. The van der Waals surface area contributed by atoms with Crippen LogP contribution < -0.4 is 10.1 Å². The molecule has 0 atom stereocenters. The first-order chi connectivity index (χ1) is 12.1. The summed E-state index contributed by atoms with van der Waals surface area (Å²) in [6.45, 7) is 4.72. The molecule has 1 aliphatic carbocycles. The Morgan fingerprint density at radius 1 is 1.20 bits per heavy atom. The third-order valence-electron chi connectivity index (χ3n) is 4.32. The molecule has 0 saturated carbocycles. The minimum atomic E-state index is -0.183. The summed E-state index contributed by atoms with van der Waals surface area (Å²) >= 11 is 0. The molecule has 0 radical (unpaired) electrons. The van der Waals surface area contributed by atoms with Crippen molar-refractivity contribution >= 4 is 17.5 Å². The monoisotopic (exact) mass is 344 g/mol. The van der Waals surface area contributed by atoms with Crippen molar-refractivity contribution in [3.8, 4) is 5.75 Å². The summed E-state index contributed by atoms with van der Waals surface area (Å²) in [7, 11) is 0. The number of allylic oxidation sites excluding steroid dienone is 1. The van der Waals surface area contributed by atoms with Crippen molar-refractivity contribution in [2.24, 2.45) is 0 Å². The number of nitrogens with one attached hydrogen (secondary N) is 1. The number of rotatable bonds is 8. The van der Waals surface area contributed by atoms with Crippen LogP contribution in [0.15, 0.2) is 35.9 Å². The highest BCUT2D eigenvalue weighted by atomic mass is 16.5. The molecular weight excluding hydrogens is 316 g/mol. The van der Waals surface area contributed by atoms with Gasteiger partial charge in [-0.25, -0.2) is 0 Å². The Balaban J connectivity index is 1.84. The maximum Gasteiger partial charge on any atom is 0.243 e. The predicted molar refractivity (Wildman–Crippen MR) is 99.7 cm³/mol. The number of nitrogens with zero attached hydrogens (tertiary/aromatic N) is 1. The van der Waals surface area contributed by atoms with Crippen molar-refractivity contribution in [1.29, 1.82) is 0 Å². The summed E-state index contributed by atoms with van der Waals surface area (Å²) in [6, 6.07) is 7.23. The van der Waals surface area contributed by atoms with Gasteiger partial charge in [0.2, 0.25) is 11.8 Å². The molecule has 2 rings (SSSR count). The number of carbonyl (C=O) groups is 2. The molecule has 0 unspecified atom stereocenters. The molecule has 0 heterocycles. The lowest BCUT2D eigenvalue weighted by Gasteiger charge is -2.22. The van der Waals surface area contributed by atoms with Crippen molar-refractivity contribution in [3.63, 3.8) is 0 Å². The first-order valence-corrected chi connectivity index (χ1v) is 9.04. The highest BCUT2D eigenvalue weighted by Crippen LogP contribution is 2.20. The second-order valence-corrected chi connectivity index (χ2v) is 6.30. The summed E-state index contributed by atoms with van der Waals surface area (Å²) in [5.74, 6) is 0.516. The smallest absolute Gasteiger partial charge is 0.243 e. The molecule has 0 spiro atoms. The van der Waals surface area contributed by atoms with E-state index in [2.05, 4.69) is 11.4 Å². The van der Waals surface area contributed by atoms with Crippen LogP contribution in [-0.2, 0) is 9.59 Å². The number of ether oxygens (including phenoxy) is 1. The van der Waals surface area contributed by atoms with Gasteiger partial charge in [-0.15, -0.1) is 0 Å². The van der Waals surface area contributed by atoms with Crippen LogP contribution in [0, 0.1) is 0 Å². The van der Waals surface area contributed by atoms with Crippen LogP contribution in [0.3, 0.4) is 0 Å². The Hall–Kier alpha value is -2.30. The van der Waals surface area contributed by atoms with Gasteiger partial charge in [-0.1, -0.05) is 11.6 Å². The molecular formula is C20H28N2O3. The van der Waals surface area contributed by atoms with Crippen LogP contribution >= 0.6 is 0 Å². The van der Waals surface area contributed by atoms with Gasteiger partial charge in [0.05, 0.1) is 13.2 Å². The molecule has 5 heteroatoms. The quantitative estimate of drug-likeness (QED) is 0.731. The third kappa shape index (κ3) is 6.61. The first-order valence-electron chi connectivity index (χ1n) is 9.04. The Kier molecular flexibility index (Phi) is 7.51. The Morgan fingerprint density at radius 3 is 2.56 bits per heavy atom. The van der Waals surface area contributed by atoms with Gasteiger partial charge >= 0.3 is 0 Å². The van der Waals surface area contributed by atoms with E-state index in [0.717, 1.165) is 25.0 Å². The predicted octanol–water partition coefficient (Wildman–Crippen LogP) is 3.76. The van der Waals surface area contributed by atoms with E-state index < -0.39 is 0 Å². The second-order valence-electron chi connectivity index (χ2n) is 6.30.